The first kappa shape index (κ1) is 25.3. The molecule has 0 unspecified atom stereocenters. The zero-order chi connectivity index (χ0) is 25.2. The van der Waals surface area contributed by atoms with Crippen LogP contribution in [0.5, 0.6) is 5.75 Å². The lowest BCUT2D eigenvalue weighted by Crippen LogP contribution is -2.40. The Balaban J connectivity index is 1.66. The highest BCUT2D eigenvalue weighted by Crippen LogP contribution is 2.47. The highest BCUT2D eigenvalue weighted by molar-refractivity contribution is 8.16. The van der Waals surface area contributed by atoms with Crippen LogP contribution in [-0.2, 0) is 19.1 Å². The fourth-order valence-electron chi connectivity index (χ4n) is 4.41. The van der Waals surface area contributed by atoms with Crippen molar-refractivity contribution in [1.82, 2.24) is 10.2 Å². The summed E-state index contributed by atoms with van der Waals surface area (Å²) in [5, 5.41) is 5.63. The van der Waals surface area contributed by atoms with E-state index in [2.05, 4.69) is 5.32 Å². The number of nitrogens with zero attached hydrogens (tertiary/aromatic N) is 2. The SMILES string of the molecule is COc1ccccc1[C@H]1C(C(=O)OC(C)(C)C)=C(C)N=C2SC=C(CC(=O)NC[C@H]3CCCO3)N21. The number of thioether (sulfide) groups is 1. The number of allylic oxidation sites excluding steroid dienone is 1. The number of fused-ring (bicyclic) bond motifs is 1. The number of rotatable bonds is 7. The van der Waals surface area contributed by atoms with Gasteiger partial charge in [0.1, 0.15) is 11.4 Å². The van der Waals surface area contributed by atoms with Crippen molar-refractivity contribution in [1.29, 1.82) is 0 Å². The monoisotopic (exact) mass is 499 g/mol. The predicted octanol–water partition coefficient (Wildman–Crippen LogP) is 4.30. The number of aliphatic imine (C=N–C) groups is 1. The van der Waals surface area contributed by atoms with Gasteiger partial charge in [-0.1, -0.05) is 30.0 Å². The van der Waals surface area contributed by atoms with Crippen molar-refractivity contribution in [2.45, 2.75) is 64.7 Å². The molecule has 4 rings (SSSR count). The molecule has 1 N–H and O–H groups in total. The number of esters is 1. The van der Waals surface area contributed by atoms with Crippen molar-refractivity contribution in [3.8, 4) is 5.75 Å². The second-order valence-electron chi connectivity index (χ2n) is 9.75. The number of ether oxygens (including phenoxy) is 3. The van der Waals surface area contributed by atoms with Gasteiger partial charge in [-0.25, -0.2) is 9.79 Å². The highest BCUT2D eigenvalue weighted by Gasteiger charge is 2.43. The lowest BCUT2D eigenvalue weighted by Gasteiger charge is -2.37. The van der Waals surface area contributed by atoms with Gasteiger partial charge in [0.25, 0.3) is 0 Å². The van der Waals surface area contributed by atoms with Gasteiger partial charge in [-0.15, -0.1) is 0 Å². The van der Waals surface area contributed by atoms with Crippen LogP contribution in [0.2, 0.25) is 0 Å². The first-order valence-electron chi connectivity index (χ1n) is 11.9. The van der Waals surface area contributed by atoms with Crippen LogP contribution >= 0.6 is 11.8 Å². The summed E-state index contributed by atoms with van der Waals surface area (Å²) in [6.07, 6.45) is 2.21. The Morgan fingerprint density at radius 1 is 1.29 bits per heavy atom. The van der Waals surface area contributed by atoms with Gasteiger partial charge in [0, 0.05) is 24.4 Å². The van der Waals surface area contributed by atoms with Gasteiger partial charge >= 0.3 is 5.97 Å². The maximum Gasteiger partial charge on any atom is 0.338 e. The normalized spacial score (nSPS) is 21.9. The molecule has 3 aliphatic rings. The number of amides is 1. The van der Waals surface area contributed by atoms with Gasteiger partial charge in [-0.3, -0.25) is 4.79 Å². The number of carbonyl (C=O) groups is 2. The molecule has 0 spiro atoms. The standard InChI is InChI=1S/C26H33N3O5S/c1-16-22(24(31)34-26(2,3)4)23(19-10-6-7-11-20(19)32-5)29-17(15-35-25(29)28-16)13-21(30)27-14-18-9-8-12-33-18/h6-7,10-11,15,18,23H,8-9,12-14H2,1-5H3,(H,27,30)/t18-,23+/m1/s1. The summed E-state index contributed by atoms with van der Waals surface area (Å²) >= 11 is 1.44. The average molecular weight is 500 g/mol. The Morgan fingerprint density at radius 2 is 2.06 bits per heavy atom. The molecule has 188 valence electrons. The van der Waals surface area contributed by atoms with E-state index in [9.17, 15) is 9.59 Å². The second kappa shape index (κ2) is 10.5. The van der Waals surface area contributed by atoms with E-state index in [0.717, 1.165) is 30.7 Å². The van der Waals surface area contributed by atoms with E-state index in [1.807, 2.05) is 62.3 Å². The second-order valence-corrected chi connectivity index (χ2v) is 10.6. The minimum absolute atomic E-state index is 0.0728. The molecule has 1 saturated heterocycles. The fraction of sp³-hybridized carbons (Fsp3) is 0.500. The summed E-state index contributed by atoms with van der Waals surface area (Å²) in [6.45, 7) is 8.58. The molecule has 1 aromatic carbocycles. The topological polar surface area (TPSA) is 89.5 Å². The molecule has 9 heteroatoms. The third-order valence-corrected chi connectivity index (χ3v) is 6.83. The molecular formula is C26H33N3O5S. The molecule has 35 heavy (non-hydrogen) atoms. The zero-order valence-corrected chi connectivity index (χ0v) is 21.7. The van der Waals surface area contributed by atoms with Crippen molar-refractivity contribution in [3.63, 3.8) is 0 Å². The Morgan fingerprint density at radius 3 is 2.74 bits per heavy atom. The van der Waals surface area contributed by atoms with E-state index < -0.39 is 17.6 Å². The predicted molar refractivity (Wildman–Crippen MR) is 136 cm³/mol. The van der Waals surface area contributed by atoms with E-state index >= 15 is 0 Å². The average Bonchev–Trinajstić information content (AvgIpc) is 3.45. The molecule has 0 radical (unpaired) electrons. The molecule has 8 nitrogen and oxygen atoms in total. The summed E-state index contributed by atoms with van der Waals surface area (Å²) in [5.74, 6) is 0.108. The van der Waals surface area contributed by atoms with Crippen LogP contribution < -0.4 is 10.1 Å². The molecule has 1 amide bonds. The summed E-state index contributed by atoms with van der Waals surface area (Å²) in [4.78, 5) is 33.0. The maximum absolute atomic E-state index is 13.4. The Kier molecular flexibility index (Phi) is 7.56. The Hall–Kier alpha value is -2.78. The smallest absolute Gasteiger partial charge is 0.338 e. The third-order valence-electron chi connectivity index (χ3n) is 5.95. The van der Waals surface area contributed by atoms with Gasteiger partial charge < -0.3 is 24.4 Å². The lowest BCUT2D eigenvalue weighted by molar-refractivity contribution is -0.150. The molecule has 0 aliphatic carbocycles. The van der Waals surface area contributed by atoms with Gasteiger partial charge in [-0.05, 0) is 52.0 Å². The number of benzene rings is 1. The molecule has 0 bridgehead atoms. The summed E-state index contributed by atoms with van der Waals surface area (Å²) in [5.41, 5.74) is 1.92. The largest absolute Gasteiger partial charge is 0.496 e. The third kappa shape index (κ3) is 5.73. The van der Waals surface area contributed by atoms with E-state index in [-0.39, 0.29) is 18.4 Å². The van der Waals surface area contributed by atoms with Crippen molar-refractivity contribution in [2.75, 3.05) is 20.3 Å². The number of hydrogen-bond donors (Lipinski definition) is 1. The molecule has 0 saturated carbocycles. The van der Waals surface area contributed by atoms with Crippen molar-refractivity contribution in [3.05, 3.63) is 52.2 Å². The maximum atomic E-state index is 13.4. The first-order valence-corrected chi connectivity index (χ1v) is 12.7. The van der Waals surface area contributed by atoms with Crippen LogP contribution in [0.15, 0.2) is 51.6 Å². The number of methoxy groups -OCH3 is 1. The number of nitrogens with one attached hydrogen (secondary N) is 1. The number of amidine groups is 1. The molecule has 1 fully saturated rings. The van der Waals surface area contributed by atoms with E-state index in [0.29, 0.717) is 28.7 Å². The first-order chi connectivity index (χ1) is 16.7. The van der Waals surface area contributed by atoms with Crippen LogP contribution in [0.25, 0.3) is 0 Å². The summed E-state index contributed by atoms with van der Waals surface area (Å²) in [7, 11) is 1.61. The Labute approximate surface area is 210 Å². The number of hydrogen-bond acceptors (Lipinski definition) is 8. The molecular weight excluding hydrogens is 466 g/mol. The van der Waals surface area contributed by atoms with Crippen molar-refractivity contribution < 1.29 is 23.8 Å². The molecule has 1 aromatic rings. The van der Waals surface area contributed by atoms with Gasteiger partial charge in [0.15, 0.2) is 5.17 Å². The van der Waals surface area contributed by atoms with E-state index in [1.54, 1.807) is 7.11 Å². The zero-order valence-electron chi connectivity index (χ0n) is 20.9. The van der Waals surface area contributed by atoms with Crippen LogP contribution in [0.4, 0.5) is 0 Å². The molecule has 2 atom stereocenters. The van der Waals surface area contributed by atoms with E-state index in [1.165, 1.54) is 11.8 Å². The summed E-state index contributed by atoms with van der Waals surface area (Å²) in [6, 6.07) is 7.05. The fourth-order valence-corrected chi connectivity index (χ4v) is 5.37. The molecule has 3 aliphatic heterocycles. The quantitative estimate of drug-likeness (QED) is 0.560. The molecule has 0 aromatic heterocycles. The lowest BCUT2D eigenvalue weighted by atomic mass is 9.93. The van der Waals surface area contributed by atoms with Crippen LogP contribution in [-0.4, -0.2) is 53.9 Å². The summed E-state index contributed by atoms with van der Waals surface area (Å²) < 4.78 is 17.1. The van der Waals surface area contributed by atoms with Gasteiger partial charge in [0.05, 0.1) is 36.9 Å². The van der Waals surface area contributed by atoms with Crippen LogP contribution in [0.3, 0.4) is 0 Å². The van der Waals surface area contributed by atoms with Crippen molar-refractivity contribution >= 4 is 28.8 Å². The minimum Gasteiger partial charge on any atom is -0.496 e. The highest BCUT2D eigenvalue weighted by atomic mass is 32.2. The van der Waals surface area contributed by atoms with Crippen molar-refractivity contribution in [2.24, 2.45) is 4.99 Å². The molecule has 3 heterocycles. The number of para-hydroxylation sites is 1. The van der Waals surface area contributed by atoms with Gasteiger partial charge in [-0.2, -0.15) is 0 Å². The Bertz CT molecular complexity index is 1080. The van der Waals surface area contributed by atoms with E-state index in [4.69, 9.17) is 19.2 Å². The van der Waals surface area contributed by atoms with Crippen LogP contribution in [0, 0.1) is 0 Å². The van der Waals surface area contributed by atoms with Gasteiger partial charge in [0.2, 0.25) is 5.91 Å². The minimum atomic E-state index is -0.666. The number of carbonyl (C=O) groups excluding carboxylic acids is 2. The van der Waals surface area contributed by atoms with Crippen LogP contribution in [0.1, 0.15) is 58.6 Å².